The summed E-state index contributed by atoms with van der Waals surface area (Å²) in [5, 5.41) is 0. The maximum atomic E-state index is 12.7. The molecule has 0 heterocycles. The van der Waals surface area contributed by atoms with Crippen LogP contribution in [0.3, 0.4) is 0 Å². The lowest BCUT2D eigenvalue weighted by atomic mass is 10.1. The Hall–Kier alpha value is -3.15. The van der Waals surface area contributed by atoms with E-state index >= 15 is 0 Å². The highest BCUT2D eigenvalue weighted by atomic mass is 16.6. The first-order chi connectivity index (χ1) is 28.0. The van der Waals surface area contributed by atoms with Gasteiger partial charge < -0.3 is 14.2 Å². The van der Waals surface area contributed by atoms with Crippen LogP contribution in [0.4, 0.5) is 0 Å². The molecular weight excluding hydrogens is 709 g/mol. The van der Waals surface area contributed by atoms with Crippen LogP contribution in [-0.2, 0) is 28.6 Å². The Balaban J connectivity index is 4.60. The second kappa shape index (κ2) is 45.6. The Morgan fingerprint density at radius 1 is 0.351 bits per heavy atom. The van der Waals surface area contributed by atoms with Crippen LogP contribution >= 0.6 is 0 Å². The van der Waals surface area contributed by atoms with E-state index in [1.54, 1.807) is 0 Å². The molecule has 0 N–H and O–H groups in total. The standard InChI is InChI=1S/C51H86O6/c1-4-7-10-13-16-19-22-25-28-31-34-37-40-43-49(52)55-46-48(57-51(54)45-42-39-36-33-30-27-24-21-18-15-12-9-6-3)47-56-50(53)44-41-38-35-32-29-26-23-20-17-14-11-8-5-2/h25-30,34-39,48H,4-24,31-33,40-47H2,1-3H3/b28-25+,29-26+,30-27+,37-34+,38-35+,39-36+. The molecule has 0 fully saturated rings. The lowest BCUT2D eigenvalue weighted by molar-refractivity contribution is -0.166. The fourth-order valence-electron chi connectivity index (χ4n) is 6.13. The summed E-state index contributed by atoms with van der Waals surface area (Å²) in [6.45, 7) is 6.44. The van der Waals surface area contributed by atoms with Gasteiger partial charge in [-0.25, -0.2) is 0 Å². The van der Waals surface area contributed by atoms with E-state index in [-0.39, 0.29) is 44.4 Å². The largest absolute Gasteiger partial charge is 0.462 e. The van der Waals surface area contributed by atoms with Crippen LogP contribution in [-0.4, -0.2) is 37.2 Å². The first-order valence-corrected chi connectivity index (χ1v) is 23.4. The van der Waals surface area contributed by atoms with E-state index in [0.29, 0.717) is 19.3 Å². The molecule has 0 saturated heterocycles. The van der Waals surface area contributed by atoms with E-state index in [2.05, 4.69) is 75.5 Å². The van der Waals surface area contributed by atoms with E-state index < -0.39 is 12.1 Å². The van der Waals surface area contributed by atoms with Crippen molar-refractivity contribution < 1.29 is 28.6 Å². The highest BCUT2D eigenvalue weighted by Gasteiger charge is 2.19. The minimum absolute atomic E-state index is 0.146. The molecule has 0 radical (unpaired) electrons. The zero-order valence-electron chi connectivity index (χ0n) is 37.1. The number of unbranched alkanes of at least 4 members (excludes halogenated alkanes) is 18. The first-order valence-electron chi connectivity index (χ1n) is 23.4. The second-order valence-electron chi connectivity index (χ2n) is 15.3. The van der Waals surface area contributed by atoms with Gasteiger partial charge in [-0.05, 0) is 77.0 Å². The molecule has 0 aromatic rings. The fraction of sp³-hybridized carbons (Fsp3) is 0.706. The van der Waals surface area contributed by atoms with Crippen LogP contribution in [0.15, 0.2) is 72.9 Å². The van der Waals surface area contributed by atoms with Gasteiger partial charge >= 0.3 is 17.9 Å². The molecule has 57 heavy (non-hydrogen) atoms. The van der Waals surface area contributed by atoms with Crippen molar-refractivity contribution in [3.05, 3.63) is 72.9 Å². The normalized spacial score (nSPS) is 12.2. The minimum atomic E-state index is -0.848. The number of rotatable bonds is 41. The lowest BCUT2D eigenvalue weighted by Crippen LogP contribution is -2.30. The van der Waals surface area contributed by atoms with Gasteiger partial charge in [0.1, 0.15) is 13.2 Å². The van der Waals surface area contributed by atoms with E-state index in [1.165, 1.54) is 116 Å². The Bertz CT molecular complexity index is 1040. The highest BCUT2D eigenvalue weighted by molar-refractivity contribution is 5.71. The fourth-order valence-corrected chi connectivity index (χ4v) is 6.13. The maximum absolute atomic E-state index is 12.7. The van der Waals surface area contributed by atoms with Gasteiger partial charge in [0, 0.05) is 19.3 Å². The number of hydrogen-bond donors (Lipinski definition) is 0. The number of carbonyl (C=O) groups excluding carboxylic acids is 3. The SMILES string of the molecule is CCCCCCCC/C=C/C/C=C/CCC(=O)OCC(COC(=O)CC/C=C/C/C=C/CCCCCCCC)OC(=O)CC/C=C/C/C=C/CCCCCCCC. The monoisotopic (exact) mass is 795 g/mol. The molecule has 0 unspecified atom stereocenters. The van der Waals surface area contributed by atoms with Gasteiger partial charge in [-0.1, -0.05) is 190 Å². The summed E-state index contributed by atoms with van der Waals surface area (Å²) in [5.74, 6) is -1.15. The van der Waals surface area contributed by atoms with Crippen LogP contribution in [0.2, 0.25) is 0 Å². The summed E-state index contributed by atoms with van der Waals surface area (Å²) in [6.07, 6.45) is 56.4. The maximum Gasteiger partial charge on any atom is 0.306 e. The van der Waals surface area contributed by atoms with Crippen molar-refractivity contribution in [2.24, 2.45) is 0 Å². The van der Waals surface area contributed by atoms with Crippen LogP contribution in [0.25, 0.3) is 0 Å². The van der Waals surface area contributed by atoms with Crippen molar-refractivity contribution >= 4 is 17.9 Å². The molecule has 0 atom stereocenters. The summed E-state index contributed by atoms with van der Waals surface area (Å²) in [4.78, 5) is 37.7. The molecule has 0 aromatic heterocycles. The van der Waals surface area contributed by atoms with Gasteiger partial charge in [0.05, 0.1) is 0 Å². The van der Waals surface area contributed by atoms with Gasteiger partial charge in [-0.2, -0.15) is 0 Å². The molecule has 0 aliphatic rings. The van der Waals surface area contributed by atoms with Crippen molar-refractivity contribution in [2.45, 2.75) is 219 Å². The third-order valence-corrected chi connectivity index (χ3v) is 9.69. The van der Waals surface area contributed by atoms with E-state index in [1.807, 2.05) is 18.2 Å². The number of hydrogen-bond acceptors (Lipinski definition) is 6. The summed E-state index contributed by atoms with van der Waals surface area (Å²) in [5.41, 5.74) is 0. The van der Waals surface area contributed by atoms with E-state index in [4.69, 9.17) is 14.2 Å². The van der Waals surface area contributed by atoms with E-state index in [0.717, 1.165) is 38.5 Å². The predicted octanol–water partition coefficient (Wildman–Crippen LogP) is 15.1. The molecule has 0 amide bonds. The average molecular weight is 795 g/mol. The molecule has 326 valence electrons. The third kappa shape index (κ3) is 43.8. The molecule has 0 rings (SSSR count). The average Bonchev–Trinajstić information content (AvgIpc) is 3.21. The van der Waals surface area contributed by atoms with Gasteiger partial charge in [-0.3, -0.25) is 14.4 Å². The second-order valence-corrected chi connectivity index (χ2v) is 15.3. The minimum Gasteiger partial charge on any atom is -0.462 e. The third-order valence-electron chi connectivity index (χ3n) is 9.69. The predicted molar refractivity (Wildman–Crippen MR) is 242 cm³/mol. The van der Waals surface area contributed by atoms with Crippen LogP contribution in [0.5, 0.6) is 0 Å². The molecule has 0 spiro atoms. The van der Waals surface area contributed by atoms with Crippen molar-refractivity contribution in [2.75, 3.05) is 13.2 Å². The van der Waals surface area contributed by atoms with Gasteiger partial charge in [0.15, 0.2) is 6.10 Å². The Labute approximate surface area is 351 Å². The van der Waals surface area contributed by atoms with Crippen LogP contribution in [0, 0.1) is 0 Å². The number of esters is 3. The molecular formula is C51H86O6. The van der Waals surface area contributed by atoms with E-state index in [9.17, 15) is 14.4 Å². The Morgan fingerprint density at radius 3 is 0.965 bits per heavy atom. The Morgan fingerprint density at radius 2 is 0.632 bits per heavy atom. The summed E-state index contributed by atoms with van der Waals surface area (Å²) in [6, 6.07) is 0. The molecule has 0 aliphatic carbocycles. The van der Waals surface area contributed by atoms with Crippen molar-refractivity contribution in [1.82, 2.24) is 0 Å². The first kappa shape index (κ1) is 53.9. The summed E-state index contributed by atoms with van der Waals surface area (Å²) >= 11 is 0. The molecule has 6 heteroatoms. The van der Waals surface area contributed by atoms with Gasteiger partial charge in [0.25, 0.3) is 0 Å². The molecule has 0 aliphatic heterocycles. The smallest absolute Gasteiger partial charge is 0.306 e. The van der Waals surface area contributed by atoms with Crippen molar-refractivity contribution in [1.29, 1.82) is 0 Å². The summed E-state index contributed by atoms with van der Waals surface area (Å²) in [7, 11) is 0. The molecule has 6 nitrogen and oxygen atoms in total. The van der Waals surface area contributed by atoms with Crippen LogP contribution in [0.1, 0.15) is 213 Å². The zero-order valence-corrected chi connectivity index (χ0v) is 37.1. The molecule has 0 saturated carbocycles. The van der Waals surface area contributed by atoms with Gasteiger partial charge in [0.2, 0.25) is 0 Å². The number of allylic oxidation sites excluding steroid dienone is 12. The Kier molecular flexibility index (Phi) is 43.0. The summed E-state index contributed by atoms with van der Waals surface area (Å²) < 4.78 is 16.5. The number of carbonyl (C=O) groups is 3. The molecule has 0 bridgehead atoms. The van der Waals surface area contributed by atoms with Crippen molar-refractivity contribution in [3.63, 3.8) is 0 Å². The van der Waals surface area contributed by atoms with Gasteiger partial charge in [-0.15, -0.1) is 0 Å². The quantitative estimate of drug-likeness (QED) is 0.0265. The van der Waals surface area contributed by atoms with Crippen molar-refractivity contribution in [3.8, 4) is 0 Å². The topological polar surface area (TPSA) is 78.9 Å². The zero-order chi connectivity index (χ0) is 41.5. The van der Waals surface area contributed by atoms with Crippen LogP contribution < -0.4 is 0 Å². The number of ether oxygens (including phenoxy) is 3. The molecule has 0 aromatic carbocycles. The highest BCUT2D eigenvalue weighted by Crippen LogP contribution is 2.11. The lowest BCUT2D eigenvalue weighted by Gasteiger charge is -2.18.